The van der Waals surface area contributed by atoms with Crippen molar-refractivity contribution in [3.63, 3.8) is 0 Å². The number of benzene rings is 1. The van der Waals surface area contributed by atoms with Gasteiger partial charge in [0.05, 0.1) is 29.4 Å². The summed E-state index contributed by atoms with van der Waals surface area (Å²) in [5.41, 5.74) is 1.97. The minimum absolute atomic E-state index is 0.192. The molecular formula is C21H21N3O5. The Balaban J connectivity index is 1.72. The fourth-order valence-electron chi connectivity index (χ4n) is 3.00. The first-order valence-electron chi connectivity index (χ1n) is 9.16. The minimum atomic E-state index is -0.617. The highest BCUT2D eigenvalue weighted by Crippen LogP contribution is 2.18. The van der Waals surface area contributed by atoms with Crippen LogP contribution in [-0.2, 0) is 19.1 Å². The summed E-state index contributed by atoms with van der Waals surface area (Å²) in [4.78, 5) is 40.4. The van der Waals surface area contributed by atoms with Gasteiger partial charge in [-0.05, 0) is 26.0 Å². The lowest BCUT2D eigenvalue weighted by Crippen LogP contribution is -2.50. The molecule has 0 aliphatic carbocycles. The van der Waals surface area contributed by atoms with Crippen LogP contribution >= 0.6 is 0 Å². The van der Waals surface area contributed by atoms with Crippen LogP contribution in [0.4, 0.5) is 4.79 Å². The van der Waals surface area contributed by atoms with Crippen molar-refractivity contribution in [2.24, 2.45) is 0 Å². The third-order valence-electron chi connectivity index (χ3n) is 4.29. The van der Waals surface area contributed by atoms with Gasteiger partial charge in [0.15, 0.2) is 0 Å². The Morgan fingerprint density at radius 1 is 1.21 bits per heavy atom. The van der Waals surface area contributed by atoms with Crippen molar-refractivity contribution in [1.29, 1.82) is 0 Å². The van der Waals surface area contributed by atoms with Gasteiger partial charge in [-0.3, -0.25) is 4.98 Å². The van der Waals surface area contributed by atoms with Crippen LogP contribution in [0.5, 0.6) is 0 Å². The van der Waals surface area contributed by atoms with E-state index in [1.807, 2.05) is 30.3 Å². The van der Waals surface area contributed by atoms with Gasteiger partial charge in [0, 0.05) is 23.2 Å². The summed E-state index contributed by atoms with van der Waals surface area (Å²) >= 11 is 0. The van der Waals surface area contributed by atoms with E-state index in [1.165, 1.54) is 6.08 Å². The lowest BCUT2D eigenvalue weighted by Gasteiger charge is -2.26. The highest BCUT2D eigenvalue weighted by atomic mass is 16.5. The molecular weight excluding hydrogens is 374 g/mol. The van der Waals surface area contributed by atoms with Crippen molar-refractivity contribution in [3.8, 4) is 0 Å². The summed E-state index contributed by atoms with van der Waals surface area (Å²) in [5, 5.41) is 6.04. The van der Waals surface area contributed by atoms with Gasteiger partial charge in [0.25, 0.3) is 0 Å². The van der Waals surface area contributed by atoms with E-state index in [4.69, 9.17) is 9.47 Å². The number of carbonyl (C=O) groups excluding carboxylic acids is 3. The number of hydrogen-bond donors (Lipinski definition) is 2. The number of para-hydroxylation sites is 1. The molecule has 1 atom stereocenters. The van der Waals surface area contributed by atoms with Crippen molar-refractivity contribution in [2.45, 2.75) is 19.9 Å². The number of carbonyl (C=O) groups is 3. The van der Waals surface area contributed by atoms with E-state index in [1.54, 1.807) is 26.1 Å². The quantitative estimate of drug-likeness (QED) is 0.574. The fraction of sp³-hybridized carbons (Fsp3) is 0.238. The molecule has 0 saturated heterocycles. The Hall–Kier alpha value is -3.68. The van der Waals surface area contributed by atoms with Gasteiger partial charge >= 0.3 is 18.0 Å². The number of pyridine rings is 1. The molecule has 3 rings (SSSR count). The van der Waals surface area contributed by atoms with Gasteiger partial charge in [-0.15, -0.1) is 0 Å². The third-order valence-corrected chi connectivity index (χ3v) is 4.29. The summed E-state index contributed by atoms with van der Waals surface area (Å²) < 4.78 is 10.2. The van der Waals surface area contributed by atoms with Gasteiger partial charge < -0.3 is 20.1 Å². The van der Waals surface area contributed by atoms with Crippen LogP contribution in [0.25, 0.3) is 17.0 Å². The molecule has 1 aromatic heterocycles. The normalized spacial score (nSPS) is 16.5. The van der Waals surface area contributed by atoms with Crippen LogP contribution in [0, 0.1) is 0 Å². The fourth-order valence-corrected chi connectivity index (χ4v) is 3.00. The zero-order valence-electron chi connectivity index (χ0n) is 16.1. The molecule has 1 unspecified atom stereocenters. The van der Waals surface area contributed by atoms with Crippen LogP contribution in [0.1, 0.15) is 19.4 Å². The maximum absolute atomic E-state index is 12.2. The number of ether oxygens (including phenoxy) is 2. The largest absolute Gasteiger partial charge is 0.463 e. The molecule has 150 valence electrons. The van der Waals surface area contributed by atoms with E-state index in [2.05, 4.69) is 15.6 Å². The van der Waals surface area contributed by atoms with E-state index in [9.17, 15) is 14.4 Å². The van der Waals surface area contributed by atoms with E-state index in [-0.39, 0.29) is 24.5 Å². The first-order chi connectivity index (χ1) is 14.0. The molecule has 0 radical (unpaired) electrons. The molecule has 2 N–H and O–H groups in total. The van der Waals surface area contributed by atoms with Crippen LogP contribution in [-0.4, -0.2) is 42.2 Å². The average Bonchev–Trinajstić information content (AvgIpc) is 2.70. The number of urea groups is 1. The summed E-state index contributed by atoms with van der Waals surface area (Å²) in [7, 11) is 0. The number of esters is 2. The first-order valence-corrected chi connectivity index (χ1v) is 9.16. The Morgan fingerprint density at radius 2 is 2.00 bits per heavy atom. The summed E-state index contributed by atoms with van der Waals surface area (Å²) in [6, 6.07) is 8.38. The number of nitrogens with zero attached hydrogens (tertiary/aromatic N) is 1. The second-order valence-electron chi connectivity index (χ2n) is 6.30. The molecule has 29 heavy (non-hydrogen) atoms. The number of hydrogen-bond acceptors (Lipinski definition) is 6. The zero-order chi connectivity index (χ0) is 20.8. The van der Waals surface area contributed by atoms with Crippen LogP contribution in [0.2, 0.25) is 0 Å². The molecule has 0 bridgehead atoms. The minimum Gasteiger partial charge on any atom is -0.463 e. The molecule has 1 aromatic carbocycles. The standard InChI is InChI=1S/C21H21N3O5/c1-3-28-20(26)18-13(2)23-21(27)24-16(18)12-29-17(25)10-9-15-7-4-6-14-8-5-11-22-19(14)15/h4-11,13H,3,12H2,1-2H3,(H2,23,24,27)/b10-9+. The molecule has 0 fully saturated rings. The highest BCUT2D eigenvalue weighted by Gasteiger charge is 2.30. The molecule has 2 aromatic rings. The van der Waals surface area contributed by atoms with Crippen molar-refractivity contribution in [2.75, 3.05) is 13.2 Å². The lowest BCUT2D eigenvalue weighted by atomic mass is 10.0. The molecule has 2 amide bonds. The SMILES string of the molecule is CCOC(=O)C1=C(COC(=O)/C=C/c2cccc3cccnc23)NC(=O)NC1C. The van der Waals surface area contributed by atoms with Crippen LogP contribution in [0.15, 0.2) is 53.9 Å². The number of aromatic nitrogens is 1. The summed E-state index contributed by atoms with van der Waals surface area (Å²) in [6.45, 7) is 3.27. The number of fused-ring (bicyclic) bond motifs is 1. The van der Waals surface area contributed by atoms with Gasteiger partial charge in [-0.2, -0.15) is 0 Å². The highest BCUT2D eigenvalue weighted by molar-refractivity contribution is 5.95. The van der Waals surface area contributed by atoms with Gasteiger partial charge in [-0.1, -0.05) is 24.3 Å². The summed E-state index contributed by atoms with van der Waals surface area (Å²) in [5.74, 6) is -1.19. The second-order valence-corrected chi connectivity index (χ2v) is 6.30. The first kappa shape index (κ1) is 20.1. The Morgan fingerprint density at radius 3 is 2.79 bits per heavy atom. The maximum atomic E-state index is 12.2. The number of rotatable bonds is 6. The van der Waals surface area contributed by atoms with Crippen LogP contribution in [0.3, 0.4) is 0 Å². The predicted molar refractivity (Wildman–Crippen MR) is 107 cm³/mol. The van der Waals surface area contributed by atoms with Gasteiger partial charge in [-0.25, -0.2) is 14.4 Å². The zero-order valence-corrected chi connectivity index (χ0v) is 16.1. The Bertz CT molecular complexity index is 1010. The van der Waals surface area contributed by atoms with E-state index < -0.39 is 24.0 Å². The van der Waals surface area contributed by atoms with Crippen LogP contribution < -0.4 is 10.6 Å². The maximum Gasteiger partial charge on any atom is 0.338 e. The lowest BCUT2D eigenvalue weighted by molar-refractivity contribution is -0.140. The van der Waals surface area contributed by atoms with Crippen molar-refractivity contribution < 1.29 is 23.9 Å². The van der Waals surface area contributed by atoms with Crippen molar-refractivity contribution in [1.82, 2.24) is 15.6 Å². The molecule has 8 nitrogen and oxygen atoms in total. The Labute approximate surface area is 167 Å². The number of amides is 2. The van der Waals surface area contributed by atoms with Gasteiger partial charge in [0.1, 0.15) is 6.61 Å². The monoisotopic (exact) mass is 395 g/mol. The third kappa shape index (κ3) is 4.78. The van der Waals surface area contributed by atoms with Gasteiger partial charge in [0.2, 0.25) is 0 Å². The topological polar surface area (TPSA) is 107 Å². The van der Waals surface area contributed by atoms with Crippen molar-refractivity contribution >= 4 is 34.9 Å². The number of nitrogens with one attached hydrogen (secondary N) is 2. The molecule has 0 spiro atoms. The van der Waals surface area contributed by atoms with Crippen molar-refractivity contribution in [3.05, 3.63) is 59.4 Å². The predicted octanol–water partition coefficient (Wildman–Crippen LogP) is 2.31. The smallest absolute Gasteiger partial charge is 0.338 e. The molecule has 1 aliphatic rings. The molecule has 1 aliphatic heterocycles. The molecule has 8 heteroatoms. The van der Waals surface area contributed by atoms with E-state index in [0.717, 1.165) is 16.5 Å². The summed E-state index contributed by atoms with van der Waals surface area (Å²) in [6.07, 6.45) is 4.57. The second kappa shape index (κ2) is 9.01. The molecule has 2 heterocycles. The Kier molecular flexibility index (Phi) is 6.23. The van der Waals surface area contributed by atoms with E-state index >= 15 is 0 Å². The van der Waals surface area contributed by atoms with E-state index in [0.29, 0.717) is 0 Å². The average molecular weight is 395 g/mol. The molecule has 0 saturated carbocycles.